The third kappa shape index (κ3) is 1.98. The smallest absolute Gasteiger partial charge is 0.261 e. The van der Waals surface area contributed by atoms with Crippen molar-refractivity contribution in [3.8, 4) is 0 Å². The number of amides is 3. The number of rotatable bonds is 2. The minimum absolute atomic E-state index is 0.104. The highest BCUT2D eigenvalue weighted by atomic mass is 16.2. The van der Waals surface area contributed by atoms with E-state index in [4.69, 9.17) is 0 Å². The van der Waals surface area contributed by atoms with Crippen molar-refractivity contribution >= 4 is 23.4 Å². The van der Waals surface area contributed by atoms with Crippen LogP contribution in [0.1, 0.15) is 33.6 Å². The quantitative estimate of drug-likeness (QED) is 0.774. The van der Waals surface area contributed by atoms with Crippen LogP contribution in [0.4, 0.5) is 5.69 Å². The summed E-state index contributed by atoms with van der Waals surface area (Å²) in [6.45, 7) is 0.847. The molecule has 1 aromatic rings. The number of anilines is 1. The molecule has 20 heavy (non-hydrogen) atoms. The topological polar surface area (TPSA) is 78.5 Å². The van der Waals surface area contributed by atoms with Gasteiger partial charge in [-0.05, 0) is 37.6 Å². The van der Waals surface area contributed by atoms with Crippen molar-refractivity contribution in [1.29, 1.82) is 0 Å². The van der Waals surface area contributed by atoms with Crippen LogP contribution in [0.2, 0.25) is 0 Å². The van der Waals surface area contributed by atoms with Gasteiger partial charge in [-0.25, -0.2) is 0 Å². The standard InChI is InChI=1S/C14H15N3O3/c1-17-13(19)9-5-4-8(7-10(9)14(17)20)16-12(18)11-3-2-6-15-11/h4-5,7,11,15H,2-3,6H2,1H3,(H,16,18). The number of benzene rings is 1. The van der Waals surface area contributed by atoms with Gasteiger partial charge in [0.1, 0.15) is 0 Å². The van der Waals surface area contributed by atoms with Crippen LogP contribution >= 0.6 is 0 Å². The Morgan fingerprint density at radius 2 is 2.05 bits per heavy atom. The lowest BCUT2D eigenvalue weighted by Gasteiger charge is -2.11. The molecular weight excluding hydrogens is 258 g/mol. The van der Waals surface area contributed by atoms with E-state index < -0.39 is 0 Å². The number of imide groups is 1. The number of hydrogen-bond acceptors (Lipinski definition) is 4. The predicted octanol–water partition coefficient (Wildman–Crippen LogP) is 0.603. The summed E-state index contributed by atoms with van der Waals surface area (Å²) in [5, 5.41) is 5.89. The van der Waals surface area contributed by atoms with Gasteiger partial charge in [-0.2, -0.15) is 0 Å². The summed E-state index contributed by atoms with van der Waals surface area (Å²) >= 11 is 0. The second-order valence-corrected chi connectivity index (χ2v) is 5.07. The summed E-state index contributed by atoms with van der Waals surface area (Å²) in [5.41, 5.74) is 1.27. The Morgan fingerprint density at radius 1 is 1.30 bits per heavy atom. The minimum atomic E-state index is -0.333. The van der Waals surface area contributed by atoms with E-state index in [2.05, 4.69) is 10.6 Å². The van der Waals surface area contributed by atoms with Gasteiger partial charge < -0.3 is 10.6 Å². The average Bonchev–Trinajstić information content (AvgIpc) is 3.04. The second-order valence-electron chi connectivity index (χ2n) is 5.07. The van der Waals surface area contributed by atoms with Gasteiger partial charge >= 0.3 is 0 Å². The predicted molar refractivity (Wildman–Crippen MR) is 72.5 cm³/mol. The van der Waals surface area contributed by atoms with E-state index in [0.717, 1.165) is 24.3 Å². The highest BCUT2D eigenvalue weighted by molar-refractivity contribution is 6.21. The molecule has 2 heterocycles. The zero-order valence-electron chi connectivity index (χ0n) is 11.1. The molecule has 3 amide bonds. The van der Waals surface area contributed by atoms with Gasteiger partial charge in [0.05, 0.1) is 17.2 Å². The fourth-order valence-electron chi connectivity index (χ4n) is 2.58. The third-order valence-corrected chi connectivity index (χ3v) is 3.73. The van der Waals surface area contributed by atoms with Crippen LogP contribution < -0.4 is 10.6 Å². The molecule has 104 valence electrons. The lowest BCUT2D eigenvalue weighted by molar-refractivity contribution is -0.117. The third-order valence-electron chi connectivity index (χ3n) is 3.73. The zero-order valence-corrected chi connectivity index (χ0v) is 11.1. The Morgan fingerprint density at radius 3 is 2.75 bits per heavy atom. The Balaban J connectivity index is 1.81. The van der Waals surface area contributed by atoms with Gasteiger partial charge in [-0.3, -0.25) is 19.3 Å². The first-order chi connectivity index (χ1) is 9.58. The molecule has 0 aliphatic carbocycles. The number of fused-ring (bicyclic) bond motifs is 1. The molecule has 0 bridgehead atoms. The van der Waals surface area contributed by atoms with Gasteiger partial charge in [0.15, 0.2) is 0 Å². The van der Waals surface area contributed by atoms with Crippen molar-refractivity contribution in [1.82, 2.24) is 10.2 Å². The normalized spacial score (nSPS) is 21.2. The molecule has 2 aliphatic rings. The molecular formula is C14H15N3O3. The Bertz CT molecular complexity index is 606. The summed E-state index contributed by atoms with van der Waals surface area (Å²) in [6.07, 6.45) is 1.80. The fourth-order valence-corrected chi connectivity index (χ4v) is 2.58. The summed E-state index contributed by atoms with van der Waals surface area (Å²) < 4.78 is 0. The number of hydrogen-bond donors (Lipinski definition) is 2. The molecule has 1 atom stereocenters. The molecule has 2 N–H and O–H groups in total. The first-order valence-electron chi connectivity index (χ1n) is 6.58. The number of carbonyl (C=O) groups excluding carboxylic acids is 3. The molecule has 1 unspecified atom stereocenters. The van der Waals surface area contributed by atoms with Crippen LogP contribution in [0.5, 0.6) is 0 Å². The van der Waals surface area contributed by atoms with E-state index in [1.165, 1.54) is 7.05 Å². The van der Waals surface area contributed by atoms with Gasteiger partial charge in [0, 0.05) is 12.7 Å². The van der Waals surface area contributed by atoms with Crippen LogP contribution in [-0.4, -0.2) is 42.3 Å². The molecule has 6 heteroatoms. The molecule has 0 saturated carbocycles. The van der Waals surface area contributed by atoms with Crippen molar-refractivity contribution < 1.29 is 14.4 Å². The minimum Gasteiger partial charge on any atom is -0.325 e. The van der Waals surface area contributed by atoms with Gasteiger partial charge in [-0.1, -0.05) is 0 Å². The second kappa shape index (κ2) is 4.72. The van der Waals surface area contributed by atoms with Gasteiger partial charge in [0.25, 0.3) is 11.8 Å². The lowest BCUT2D eigenvalue weighted by Crippen LogP contribution is -2.35. The summed E-state index contributed by atoms with van der Waals surface area (Å²) in [7, 11) is 1.45. The van der Waals surface area contributed by atoms with Crippen LogP contribution in [0, 0.1) is 0 Å². The Kier molecular flexibility index (Phi) is 3.02. The molecule has 0 aromatic heterocycles. The maximum Gasteiger partial charge on any atom is 0.261 e. The molecule has 1 aromatic carbocycles. The monoisotopic (exact) mass is 273 g/mol. The summed E-state index contributed by atoms with van der Waals surface area (Å²) in [6, 6.07) is 4.61. The first-order valence-corrected chi connectivity index (χ1v) is 6.58. The zero-order chi connectivity index (χ0) is 14.3. The highest BCUT2D eigenvalue weighted by Crippen LogP contribution is 2.25. The number of nitrogens with zero attached hydrogens (tertiary/aromatic N) is 1. The molecule has 1 fully saturated rings. The fraction of sp³-hybridized carbons (Fsp3) is 0.357. The van der Waals surface area contributed by atoms with Gasteiger partial charge in [0.2, 0.25) is 5.91 Å². The van der Waals surface area contributed by atoms with Crippen molar-refractivity contribution in [3.63, 3.8) is 0 Å². The average molecular weight is 273 g/mol. The molecule has 6 nitrogen and oxygen atoms in total. The molecule has 1 saturated heterocycles. The van der Waals surface area contributed by atoms with Crippen molar-refractivity contribution in [2.24, 2.45) is 0 Å². The van der Waals surface area contributed by atoms with Crippen LogP contribution in [0.3, 0.4) is 0 Å². The lowest BCUT2D eigenvalue weighted by atomic mass is 10.1. The SMILES string of the molecule is CN1C(=O)c2ccc(NC(=O)C3CCCN3)cc2C1=O. The van der Waals surface area contributed by atoms with E-state index >= 15 is 0 Å². The van der Waals surface area contributed by atoms with Crippen molar-refractivity contribution in [2.45, 2.75) is 18.9 Å². The number of nitrogens with one attached hydrogen (secondary N) is 2. The van der Waals surface area contributed by atoms with E-state index in [9.17, 15) is 14.4 Å². The molecule has 0 radical (unpaired) electrons. The highest BCUT2D eigenvalue weighted by Gasteiger charge is 2.33. The van der Waals surface area contributed by atoms with Crippen LogP contribution in [-0.2, 0) is 4.79 Å². The summed E-state index contributed by atoms with van der Waals surface area (Å²) in [4.78, 5) is 36.7. The first kappa shape index (κ1) is 12.8. The van der Waals surface area contributed by atoms with Gasteiger partial charge in [-0.15, -0.1) is 0 Å². The van der Waals surface area contributed by atoms with E-state index in [1.54, 1.807) is 18.2 Å². The Hall–Kier alpha value is -2.21. The maximum atomic E-state index is 12.0. The van der Waals surface area contributed by atoms with E-state index in [-0.39, 0.29) is 23.8 Å². The molecule has 2 aliphatic heterocycles. The van der Waals surface area contributed by atoms with Crippen molar-refractivity contribution in [2.75, 3.05) is 18.9 Å². The van der Waals surface area contributed by atoms with E-state index in [0.29, 0.717) is 16.8 Å². The Labute approximate surface area is 116 Å². The molecule has 0 spiro atoms. The number of carbonyl (C=O) groups is 3. The maximum absolute atomic E-state index is 12.0. The largest absolute Gasteiger partial charge is 0.325 e. The van der Waals surface area contributed by atoms with Crippen molar-refractivity contribution in [3.05, 3.63) is 29.3 Å². The van der Waals surface area contributed by atoms with Crippen LogP contribution in [0.15, 0.2) is 18.2 Å². The van der Waals surface area contributed by atoms with E-state index in [1.807, 2.05) is 0 Å². The van der Waals surface area contributed by atoms with Crippen LogP contribution in [0.25, 0.3) is 0 Å². The summed E-state index contributed by atoms with van der Waals surface area (Å²) in [5.74, 6) is -0.743. The molecule has 3 rings (SSSR count).